The highest BCUT2D eigenvalue weighted by Crippen LogP contribution is 2.25. The summed E-state index contributed by atoms with van der Waals surface area (Å²) < 4.78 is 0. The Balaban J connectivity index is 2.10. The van der Waals surface area contributed by atoms with Crippen LogP contribution in [0.5, 0.6) is 0 Å². The monoisotopic (exact) mass is 294 g/mol. The van der Waals surface area contributed by atoms with Gasteiger partial charge in [0.2, 0.25) is 0 Å². The highest BCUT2D eigenvalue weighted by atomic mass is 35.5. The molecular weight excluding hydrogens is 276 g/mol. The summed E-state index contributed by atoms with van der Waals surface area (Å²) in [5.41, 5.74) is 8.06. The van der Waals surface area contributed by atoms with Crippen molar-refractivity contribution in [3.8, 4) is 0 Å². The van der Waals surface area contributed by atoms with Crippen molar-refractivity contribution in [2.75, 3.05) is 11.9 Å². The molecule has 0 aliphatic rings. The number of benzene rings is 1. The van der Waals surface area contributed by atoms with E-state index in [2.05, 4.69) is 41.6 Å². The topological polar surface area (TPSA) is 29.3 Å². The van der Waals surface area contributed by atoms with Crippen molar-refractivity contribution in [3.63, 3.8) is 0 Å². The van der Waals surface area contributed by atoms with Crippen LogP contribution in [0.2, 0.25) is 5.02 Å². The van der Waals surface area contributed by atoms with E-state index < -0.39 is 0 Å². The normalized spacial score (nSPS) is 12.4. The average Bonchev–Trinajstić information content (AvgIpc) is 2.84. The van der Waals surface area contributed by atoms with Crippen LogP contribution < -0.4 is 10.6 Å². The molecule has 1 unspecified atom stereocenters. The number of halogens is 1. The Hall–Kier alpha value is -1.03. The number of thiophene rings is 1. The summed E-state index contributed by atoms with van der Waals surface area (Å²) in [4.78, 5) is 3.55. The Morgan fingerprint density at radius 3 is 2.74 bits per heavy atom. The first-order chi connectivity index (χ1) is 9.06. The lowest BCUT2D eigenvalue weighted by molar-refractivity contribution is 0.738. The first-order valence-corrected chi connectivity index (χ1v) is 7.59. The molecule has 0 spiro atoms. The Bertz CT molecular complexity index is 523. The molecule has 0 saturated carbocycles. The van der Waals surface area contributed by atoms with E-state index in [4.69, 9.17) is 17.3 Å². The predicted molar refractivity (Wildman–Crippen MR) is 85.2 cm³/mol. The van der Waals surface area contributed by atoms with Crippen molar-refractivity contribution in [2.24, 2.45) is 5.73 Å². The van der Waals surface area contributed by atoms with Gasteiger partial charge in [0.15, 0.2) is 0 Å². The number of anilines is 1. The Morgan fingerprint density at radius 2 is 2.16 bits per heavy atom. The van der Waals surface area contributed by atoms with E-state index in [1.807, 2.05) is 13.0 Å². The molecular formula is C15H19ClN2S. The van der Waals surface area contributed by atoms with E-state index in [9.17, 15) is 0 Å². The van der Waals surface area contributed by atoms with Gasteiger partial charge in [-0.3, -0.25) is 0 Å². The maximum atomic E-state index is 6.32. The SMILES string of the molecule is CC(N)Cc1ccc(N(C)Cc2cccs2)cc1Cl. The zero-order valence-electron chi connectivity index (χ0n) is 11.3. The minimum absolute atomic E-state index is 0.132. The first-order valence-electron chi connectivity index (χ1n) is 6.34. The third-order valence-corrected chi connectivity index (χ3v) is 4.21. The third-order valence-electron chi connectivity index (χ3n) is 2.99. The van der Waals surface area contributed by atoms with Gasteiger partial charge in [-0.2, -0.15) is 0 Å². The Labute approximate surface area is 123 Å². The minimum Gasteiger partial charge on any atom is -0.369 e. The molecule has 0 bridgehead atoms. The van der Waals surface area contributed by atoms with Crippen LogP contribution in [0.25, 0.3) is 0 Å². The van der Waals surface area contributed by atoms with E-state index in [0.29, 0.717) is 0 Å². The van der Waals surface area contributed by atoms with Crippen LogP contribution in [0.4, 0.5) is 5.69 Å². The van der Waals surface area contributed by atoms with E-state index in [1.165, 1.54) is 4.88 Å². The number of hydrogen-bond donors (Lipinski definition) is 1. The molecule has 0 amide bonds. The van der Waals surface area contributed by atoms with Crippen LogP contribution in [0, 0.1) is 0 Å². The number of nitrogens with two attached hydrogens (primary N) is 1. The molecule has 1 aromatic carbocycles. The second kappa shape index (κ2) is 6.42. The molecule has 19 heavy (non-hydrogen) atoms. The highest BCUT2D eigenvalue weighted by molar-refractivity contribution is 7.09. The van der Waals surface area contributed by atoms with Crippen LogP contribution in [0.1, 0.15) is 17.4 Å². The van der Waals surface area contributed by atoms with Crippen molar-refractivity contribution in [1.29, 1.82) is 0 Å². The van der Waals surface area contributed by atoms with Crippen molar-refractivity contribution in [2.45, 2.75) is 25.9 Å². The summed E-state index contributed by atoms with van der Waals surface area (Å²) in [5, 5.41) is 2.90. The van der Waals surface area contributed by atoms with E-state index in [1.54, 1.807) is 11.3 Å². The maximum absolute atomic E-state index is 6.32. The van der Waals surface area contributed by atoms with Gasteiger partial charge in [0.1, 0.15) is 0 Å². The van der Waals surface area contributed by atoms with Crippen molar-refractivity contribution in [1.82, 2.24) is 0 Å². The van der Waals surface area contributed by atoms with Crippen LogP contribution in [0.15, 0.2) is 35.7 Å². The number of rotatable bonds is 5. The molecule has 4 heteroatoms. The molecule has 2 aromatic rings. The zero-order chi connectivity index (χ0) is 13.8. The van der Waals surface area contributed by atoms with Crippen LogP contribution in [0.3, 0.4) is 0 Å². The fraction of sp³-hybridized carbons (Fsp3) is 0.333. The largest absolute Gasteiger partial charge is 0.369 e. The molecule has 1 heterocycles. The minimum atomic E-state index is 0.132. The highest BCUT2D eigenvalue weighted by Gasteiger charge is 2.08. The molecule has 1 atom stereocenters. The molecule has 0 radical (unpaired) electrons. The molecule has 0 aliphatic carbocycles. The molecule has 0 saturated heterocycles. The molecule has 2 N–H and O–H groups in total. The van der Waals surface area contributed by atoms with E-state index in [-0.39, 0.29) is 6.04 Å². The molecule has 2 rings (SSSR count). The van der Waals surface area contributed by atoms with Gasteiger partial charge in [-0.05, 0) is 42.5 Å². The third kappa shape index (κ3) is 3.96. The second-order valence-corrected chi connectivity index (χ2v) is 6.33. The van der Waals surface area contributed by atoms with Crippen LogP contribution in [-0.4, -0.2) is 13.1 Å². The standard InChI is InChI=1S/C15H19ClN2S/c1-11(17)8-12-5-6-13(9-15(12)16)18(2)10-14-4-3-7-19-14/h3-7,9,11H,8,10,17H2,1-2H3. The summed E-state index contributed by atoms with van der Waals surface area (Å²) in [6.45, 7) is 2.90. The Morgan fingerprint density at radius 1 is 1.37 bits per heavy atom. The molecule has 0 fully saturated rings. The maximum Gasteiger partial charge on any atom is 0.0519 e. The lowest BCUT2D eigenvalue weighted by Gasteiger charge is -2.20. The molecule has 102 valence electrons. The fourth-order valence-corrected chi connectivity index (χ4v) is 3.02. The van der Waals surface area contributed by atoms with Crippen molar-refractivity contribution in [3.05, 3.63) is 51.2 Å². The van der Waals surface area contributed by atoms with Gasteiger partial charge >= 0.3 is 0 Å². The summed E-state index contributed by atoms with van der Waals surface area (Å²) in [6.07, 6.45) is 0.813. The zero-order valence-corrected chi connectivity index (χ0v) is 12.8. The predicted octanol–water partition coefficient (Wildman–Crippen LogP) is 3.93. The second-order valence-electron chi connectivity index (χ2n) is 4.89. The summed E-state index contributed by atoms with van der Waals surface area (Å²) in [7, 11) is 2.08. The molecule has 0 aliphatic heterocycles. The lowest BCUT2D eigenvalue weighted by Crippen LogP contribution is -2.18. The van der Waals surface area contributed by atoms with Gasteiger partial charge in [-0.1, -0.05) is 23.7 Å². The Kier molecular flexibility index (Phi) is 4.86. The van der Waals surface area contributed by atoms with Crippen LogP contribution in [-0.2, 0) is 13.0 Å². The number of nitrogens with zero attached hydrogens (tertiary/aromatic N) is 1. The van der Waals surface area contributed by atoms with Gasteiger partial charge in [-0.15, -0.1) is 11.3 Å². The number of hydrogen-bond acceptors (Lipinski definition) is 3. The van der Waals surface area contributed by atoms with E-state index >= 15 is 0 Å². The van der Waals surface area contributed by atoms with Gasteiger partial charge in [0.05, 0.1) is 6.54 Å². The first kappa shape index (κ1) is 14.4. The lowest BCUT2D eigenvalue weighted by atomic mass is 10.1. The average molecular weight is 295 g/mol. The van der Waals surface area contributed by atoms with E-state index in [0.717, 1.165) is 29.2 Å². The fourth-order valence-electron chi connectivity index (χ4n) is 2.01. The van der Waals surface area contributed by atoms with Crippen molar-refractivity contribution >= 4 is 28.6 Å². The molecule has 2 nitrogen and oxygen atoms in total. The molecule has 1 aromatic heterocycles. The summed E-state index contributed by atoms with van der Waals surface area (Å²) >= 11 is 8.09. The van der Waals surface area contributed by atoms with Crippen molar-refractivity contribution < 1.29 is 0 Å². The quantitative estimate of drug-likeness (QED) is 0.905. The summed E-state index contributed by atoms with van der Waals surface area (Å²) in [6, 6.07) is 10.6. The van der Waals surface area contributed by atoms with Gasteiger partial charge in [0.25, 0.3) is 0 Å². The smallest absolute Gasteiger partial charge is 0.0519 e. The van der Waals surface area contributed by atoms with Gasteiger partial charge in [0, 0.05) is 28.7 Å². The summed E-state index contributed by atoms with van der Waals surface area (Å²) in [5.74, 6) is 0. The van der Waals surface area contributed by atoms with Gasteiger partial charge in [-0.25, -0.2) is 0 Å². The van der Waals surface area contributed by atoms with Gasteiger partial charge < -0.3 is 10.6 Å². The van der Waals surface area contributed by atoms with Crippen LogP contribution >= 0.6 is 22.9 Å².